The van der Waals surface area contributed by atoms with Crippen LogP contribution in [-0.4, -0.2) is 18.6 Å². The predicted molar refractivity (Wildman–Crippen MR) is 138 cm³/mol. The molecule has 3 aromatic rings. The molecule has 0 saturated heterocycles. The molecule has 2 aromatic carbocycles. The zero-order chi connectivity index (χ0) is 26.0. The standard InChI is InChI=1S/C28H33NO6S/c1-17(2)24(26-27(31)21-12-5-3-4-6-13-22(21)35-28(26)32)18-9-7-10-19(15-18)25-20(16-30)11-8-14-23(25)36(29,33)34/h7-11,14-15,17,24,30-31H,3-6,12-13,16H2,1-2H3,(H2,29,33,34). The number of benzene rings is 2. The highest BCUT2D eigenvalue weighted by Gasteiger charge is 2.30. The van der Waals surface area contributed by atoms with Gasteiger partial charge in [-0.2, -0.15) is 0 Å². The van der Waals surface area contributed by atoms with Gasteiger partial charge in [-0.1, -0.05) is 63.1 Å². The number of primary sulfonamides is 1. The Bertz CT molecular complexity index is 1420. The Hall–Kier alpha value is -2.94. The molecule has 0 bridgehead atoms. The maximum atomic E-state index is 13.2. The van der Waals surface area contributed by atoms with E-state index in [0.29, 0.717) is 40.9 Å². The number of fused-ring (bicyclic) bond motifs is 1. The third kappa shape index (κ3) is 5.12. The molecule has 7 nitrogen and oxygen atoms in total. The molecule has 0 spiro atoms. The molecule has 0 aliphatic heterocycles. The molecule has 192 valence electrons. The Morgan fingerprint density at radius 2 is 1.72 bits per heavy atom. The molecule has 8 heteroatoms. The Balaban J connectivity index is 1.91. The SMILES string of the molecule is CC(C)C(c1cccc(-c2c(CO)cccc2S(N)(=O)=O)c1)c1c(O)c2c(oc1=O)CCCCCC2. The van der Waals surface area contributed by atoms with Crippen LogP contribution < -0.4 is 10.8 Å². The van der Waals surface area contributed by atoms with Crippen molar-refractivity contribution < 1.29 is 23.0 Å². The van der Waals surface area contributed by atoms with Crippen molar-refractivity contribution in [2.75, 3.05) is 0 Å². The van der Waals surface area contributed by atoms with E-state index in [1.165, 1.54) is 12.1 Å². The Morgan fingerprint density at radius 3 is 2.39 bits per heavy atom. The number of sulfonamides is 1. The Kier molecular flexibility index (Phi) is 7.68. The summed E-state index contributed by atoms with van der Waals surface area (Å²) in [5.74, 6) is 0.0164. The van der Waals surface area contributed by atoms with Gasteiger partial charge in [-0.15, -0.1) is 0 Å². The lowest BCUT2D eigenvalue weighted by atomic mass is 9.80. The second-order valence-corrected chi connectivity index (χ2v) is 11.3. The van der Waals surface area contributed by atoms with Gasteiger partial charge in [0.05, 0.1) is 17.1 Å². The van der Waals surface area contributed by atoms with Crippen LogP contribution in [0.4, 0.5) is 0 Å². The topological polar surface area (TPSA) is 131 Å². The first-order valence-corrected chi connectivity index (χ1v) is 13.9. The lowest BCUT2D eigenvalue weighted by molar-refractivity contribution is 0.282. The molecule has 1 atom stereocenters. The Morgan fingerprint density at radius 1 is 1.03 bits per heavy atom. The number of hydrogen-bond acceptors (Lipinski definition) is 6. The number of aliphatic hydroxyl groups is 1. The van der Waals surface area contributed by atoms with E-state index in [9.17, 15) is 23.4 Å². The molecule has 0 amide bonds. The van der Waals surface area contributed by atoms with Crippen molar-refractivity contribution in [3.63, 3.8) is 0 Å². The highest BCUT2D eigenvalue weighted by Crippen LogP contribution is 2.40. The summed E-state index contributed by atoms with van der Waals surface area (Å²) in [7, 11) is -4.06. The highest BCUT2D eigenvalue weighted by atomic mass is 32.2. The van der Waals surface area contributed by atoms with Gasteiger partial charge >= 0.3 is 5.63 Å². The van der Waals surface area contributed by atoms with Gasteiger partial charge in [-0.3, -0.25) is 0 Å². The van der Waals surface area contributed by atoms with Gasteiger partial charge in [-0.25, -0.2) is 18.4 Å². The minimum absolute atomic E-state index is 0.00763. The van der Waals surface area contributed by atoms with Crippen LogP contribution in [0.2, 0.25) is 0 Å². The molecule has 1 aliphatic rings. The van der Waals surface area contributed by atoms with Gasteiger partial charge in [-0.05, 0) is 47.9 Å². The van der Waals surface area contributed by atoms with E-state index in [0.717, 1.165) is 31.2 Å². The van der Waals surface area contributed by atoms with E-state index in [2.05, 4.69) is 0 Å². The molecule has 1 aromatic heterocycles. The van der Waals surface area contributed by atoms with Crippen molar-refractivity contribution in [2.24, 2.45) is 11.1 Å². The predicted octanol–water partition coefficient (Wildman–Crippen LogP) is 4.60. The summed E-state index contributed by atoms with van der Waals surface area (Å²) in [6.45, 7) is 3.56. The lowest BCUT2D eigenvalue weighted by Gasteiger charge is -2.25. The van der Waals surface area contributed by atoms with E-state index in [1.807, 2.05) is 19.9 Å². The average molecular weight is 512 g/mol. The second-order valence-electron chi connectivity index (χ2n) is 9.81. The molecule has 0 radical (unpaired) electrons. The summed E-state index contributed by atoms with van der Waals surface area (Å²) in [4.78, 5) is 13.1. The molecule has 1 aliphatic carbocycles. The van der Waals surface area contributed by atoms with Crippen molar-refractivity contribution in [2.45, 2.75) is 69.8 Å². The summed E-state index contributed by atoms with van der Waals surface area (Å²) < 4.78 is 30.4. The maximum absolute atomic E-state index is 13.2. The normalized spacial score (nSPS) is 15.2. The summed E-state index contributed by atoms with van der Waals surface area (Å²) in [6.07, 6.45) is 5.27. The van der Waals surface area contributed by atoms with Gasteiger partial charge < -0.3 is 14.6 Å². The quantitative estimate of drug-likeness (QED) is 0.443. The van der Waals surface area contributed by atoms with E-state index >= 15 is 0 Å². The van der Waals surface area contributed by atoms with Gasteiger partial charge in [0.25, 0.3) is 0 Å². The van der Waals surface area contributed by atoms with Crippen molar-refractivity contribution in [3.8, 4) is 16.9 Å². The van der Waals surface area contributed by atoms with E-state index in [1.54, 1.807) is 24.3 Å². The second kappa shape index (κ2) is 10.6. The van der Waals surface area contributed by atoms with Gasteiger partial charge in [0.2, 0.25) is 10.0 Å². The van der Waals surface area contributed by atoms with Crippen LogP contribution in [0.15, 0.2) is 56.6 Å². The lowest BCUT2D eigenvalue weighted by Crippen LogP contribution is -2.21. The van der Waals surface area contributed by atoms with E-state index < -0.39 is 21.6 Å². The number of aryl methyl sites for hydroxylation is 1. The van der Waals surface area contributed by atoms with E-state index in [4.69, 9.17) is 9.56 Å². The number of aliphatic hydroxyl groups excluding tert-OH is 1. The largest absolute Gasteiger partial charge is 0.507 e. The minimum Gasteiger partial charge on any atom is -0.507 e. The van der Waals surface area contributed by atoms with Gasteiger partial charge in [0, 0.05) is 23.5 Å². The fourth-order valence-corrected chi connectivity index (χ4v) is 6.14. The van der Waals surface area contributed by atoms with Crippen molar-refractivity contribution in [1.82, 2.24) is 0 Å². The van der Waals surface area contributed by atoms with Crippen LogP contribution >= 0.6 is 0 Å². The van der Waals surface area contributed by atoms with Crippen LogP contribution in [0.3, 0.4) is 0 Å². The van der Waals surface area contributed by atoms with Crippen molar-refractivity contribution >= 4 is 10.0 Å². The van der Waals surface area contributed by atoms with Crippen LogP contribution in [0.5, 0.6) is 5.75 Å². The van der Waals surface area contributed by atoms with Crippen LogP contribution in [0.25, 0.3) is 11.1 Å². The summed E-state index contributed by atoms with van der Waals surface area (Å²) in [6, 6.07) is 11.8. The van der Waals surface area contributed by atoms with Gasteiger partial charge in [0.1, 0.15) is 11.5 Å². The van der Waals surface area contributed by atoms with Crippen LogP contribution in [0, 0.1) is 5.92 Å². The first-order valence-electron chi connectivity index (χ1n) is 12.4. The first kappa shape index (κ1) is 26.1. The number of hydrogen-bond donors (Lipinski definition) is 3. The molecule has 4 rings (SSSR count). The number of rotatable bonds is 6. The molecular formula is C28H33NO6S. The Labute approximate surface area is 211 Å². The third-order valence-corrected chi connectivity index (χ3v) is 7.95. The smallest absolute Gasteiger partial charge is 0.343 e. The summed E-state index contributed by atoms with van der Waals surface area (Å²) >= 11 is 0. The molecule has 0 saturated carbocycles. The minimum atomic E-state index is -4.06. The molecule has 1 unspecified atom stereocenters. The van der Waals surface area contributed by atoms with Crippen LogP contribution in [0.1, 0.15) is 73.5 Å². The first-order chi connectivity index (χ1) is 17.1. The average Bonchev–Trinajstić information content (AvgIpc) is 2.81. The number of nitrogens with two attached hydrogens (primary N) is 1. The zero-order valence-corrected chi connectivity index (χ0v) is 21.5. The van der Waals surface area contributed by atoms with Crippen LogP contribution in [-0.2, 0) is 29.5 Å². The molecule has 0 fully saturated rings. The van der Waals surface area contributed by atoms with Gasteiger partial charge in [0.15, 0.2) is 0 Å². The molecule has 36 heavy (non-hydrogen) atoms. The summed E-state index contributed by atoms with van der Waals surface area (Å²) in [5, 5.41) is 26.8. The fraction of sp³-hybridized carbons (Fsp3) is 0.393. The molecule has 1 heterocycles. The van der Waals surface area contributed by atoms with Crippen molar-refractivity contribution in [1.29, 1.82) is 0 Å². The fourth-order valence-electron chi connectivity index (χ4n) is 5.34. The molecule has 4 N–H and O–H groups in total. The monoisotopic (exact) mass is 511 g/mol. The third-order valence-electron chi connectivity index (χ3n) is 7.00. The van der Waals surface area contributed by atoms with E-state index in [-0.39, 0.29) is 28.7 Å². The summed E-state index contributed by atoms with van der Waals surface area (Å²) in [5.41, 5.74) is 2.41. The number of aromatic hydroxyl groups is 1. The highest BCUT2D eigenvalue weighted by molar-refractivity contribution is 7.89. The van der Waals surface area contributed by atoms with Crippen molar-refractivity contribution in [3.05, 3.63) is 80.9 Å². The molecular weight excluding hydrogens is 478 g/mol. The maximum Gasteiger partial charge on any atom is 0.343 e. The zero-order valence-electron chi connectivity index (χ0n) is 20.7.